The van der Waals surface area contributed by atoms with Crippen LogP contribution in [0.5, 0.6) is 0 Å². The quantitative estimate of drug-likeness (QED) is 0.743. The Labute approximate surface area is 104 Å². The van der Waals surface area contributed by atoms with Crippen molar-refractivity contribution in [3.8, 4) is 0 Å². The lowest BCUT2D eigenvalue weighted by Gasteiger charge is -2.35. The van der Waals surface area contributed by atoms with Crippen LogP contribution >= 0.6 is 0 Å². The highest BCUT2D eigenvalue weighted by Crippen LogP contribution is 2.25. The van der Waals surface area contributed by atoms with E-state index in [1.807, 2.05) is 7.05 Å². The Hall–Kier alpha value is -0.610. The number of nitrogens with one attached hydrogen (secondary N) is 1. The van der Waals surface area contributed by atoms with Crippen LogP contribution in [0.3, 0.4) is 0 Å². The van der Waals surface area contributed by atoms with Gasteiger partial charge < -0.3 is 11.1 Å². The van der Waals surface area contributed by atoms with E-state index in [0.717, 1.165) is 32.2 Å². The maximum atomic E-state index is 11.8. The fraction of sp³-hybridized carbons (Fsp3) is 0.923. The van der Waals surface area contributed by atoms with Gasteiger partial charge in [-0.3, -0.25) is 9.69 Å². The van der Waals surface area contributed by atoms with Crippen molar-refractivity contribution in [3.63, 3.8) is 0 Å². The first kappa shape index (κ1) is 12.8. The van der Waals surface area contributed by atoms with E-state index < -0.39 is 0 Å². The van der Waals surface area contributed by atoms with E-state index in [2.05, 4.69) is 10.2 Å². The summed E-state index contributed by atoms with van der Waals surface area (Å²) in [5.74, 6) is 0.886. The van der Waals surface area contributed by atoms with E-state index in [-0.39, 0.29) is 5.91 Å². The lowest BCUT2D eigenvalue weighted by Crippen LogP contribution is -2.45. The van der Waals surface area contributed by atoms with E-state index in [9.17, 15) is 4.79 Å². The van der Waals surface area contributed by atoms with Gasteiger partial charge in [-0.1, -0.05) is 12.8 Å². The van der Waals surface area contributed by atoms with E-state index in [1.165, 1.54) is 12.8 Å². The van der Waals surface area contributed by atoms with Crippen molar-refractivity contribution in [2.75, 3.05) is 20.1 Å². The Bertz CT molecular complexity index is 257. The molecule has 0 heterocycles. The van der Waals surface area contributed by atoms with Crippen molar-refractivity contribution in [2.24, 2.45) is 11.7 Å². The van der Waals surface area contributed by atoms with Crippen LogP contribution in [0, 0.1) is 5.92 Å². The Kier molecular flexibility index (Phi) is 4.40. The van der Waals surface area contributed by atoms with Crippen LogP contribution in [0.1, 0.15) is 38.5 Å². The smallest absolute Gasteiger partial charge is 0.234 e. The fourth-order valence-corrected chi connectivity index (χ4v) is 3.03. The molecule has 0 aromatic heterocycles. The Morgan fingerprint density at radius 1 is 1.35 bits per heavy atom. The summed E-state index contributed by atoms with van der Waals surface area (Å²) in [6.45, 7) is 1.54. The molecule has 0 unspecified atom stereocenters. The van der Waals surface area contributed by atoms with Gasteiger partial charge in [0.15, 0.2) is 0 Å². The average molecular weight is 239 g/mol. The predicted octanol–water partition coefficient (Wildman–Crippen LogP) is 0.714. The first-order chi connectivity index (χ1) is 8.13. The molecule has 0 aromatic carbocycles. The van der Waals surface area contributed by atoms with Crippen molar-refractivity contribution in [1.82, 2.24) is 10.2 Å². The van der Waals surface area contributed by atoms with Gasteiger partial charge in [-0.05, 0) is 38.6 Å². The predicted molar refractivity (Wildman–Crippen MR) is 68.6 cm³/mol. The highest BCUT2D eigenvalue weighted by Gasteiger charge is 2.27. The highest BCUT2D eigenvalue weighted by atomic mass is 16.2. The zero-order chi connectivity index (χ0) is 12.3. The zero-order valence-electron chi connectivity index (χ0n) is 10.8. The molecule has 2 rings (SSSR count). The van der Waals surface area contributed by atoms with Crippen LogP contribution < -0.4 is 11.1 Å². The Balaban J connectivity index is 1.60. The number of hydrogen-bond acceptors (Lipinski definition) is 3. The van der Waals surface area contributed by atoms with Crippen molar-refractivity contribution in [2.45, 2.75) is 50.6 Å². The molecule has 0 saturated heterocycles. The van der Waals surface area contributed by atoms with Gasteiger partial charge in [-0.2, -0.15) is 0 Å². The van der Waals surface area contributed by atoms with Crippen molar-refractivity contribution in [1.29, 1.82) is 0 Å². The summed E-state index contributed by atoms with van der Waals surface area (Å²) in [6.07, 6.45) is 7.09. The normalized spacial score (nSPS) is 29.4. The van der Waals surface area contributed by atoms with E-state index in [1.54, 1.807) is 0 Å². The third kappa shape index (κ3) is 3.96. The number of nitrogens with zero attached hydrogens (tertiary/aromatic N) is 1. The number of hydrogen-bond donors (Lipinski definition) is 2. The third-order valence-electron chi connectivity index (χ3n) is 3.98. The second kappa shape index (κ2) is 5.83. The Morgan fingerprint density at radius 2 is 2.00 bits per heavy atom. The van der Waals surface area contributed by atoms with Gasteiger partial charge in [0.05, 0.1) is 6.54 Å². The van der Waals surface area contributed by atoms with Gasteiger partial charge in [0, 0.05) is 18.6 Å². The molecule has 3 N–H and O–H groups in total. The van der Waals surface area contributed by atoms with E-state index in [4.69, 9.17) is 5.73 Å². The van der Waals surface area contributed by atoms with E-state index in [0.29, 0.717) is 24.5 Å². The summed E-state index contributed by atoms with van der Waals surface area (Å²) in [7, 11) is 2.03. The largest absolute Gasteiger partial charge is 0.352 e. The maximum absolute atomic E-state index is 11.8. The molecule has 0 spiro atoms. The molecule has 0 atom stereocenters. The van der Waals surface area contributed by atoms with Crippen LogP contribution in [0.25, 0.3) is 0 Å². The Morgan fingerprint density at radius 3 is 2.59 bits per heavy atom. The molecule has 4 nitrogen and oxygen atoms in total. The molecule has 17 heavy (non-hydrogen) atoms. The van der Waals surface area contributed by atoms with Crippen molar-refractivity contribution >= 4 is 5.91 Å². The van der Waals surface area contributed by atoms with Gasteiger partial charge in [0.1, 0.15) is 0 Å². The molecule has 2 saturated carbocycles. The number of nitrogens with two attached hydrogens (primary N) is 1. The minimum Gasteiger partial charge on any atom is -0.352 e. The number of amides is 1. The van der Waals surface area contributed by atoms with E-state index >= 15 is 0 Å². The van der Waals surface area contributed by atoms with Gasteiger partial charge in [0.2, 0.25) is 5.91 Å². The van der Waals surface area contributed by atoms with Crippen LogP contribution in [-0.2, 0) is 4.79 Å². The summed E-state index contributed by atoms with van der Waals surface area (Å²) in [6, 6.07) is 0.841. The van der Waals surface area contributed by atoms with Crippen molar-refractivity contribution in [3.05, 3.63) is 0 Å². The molecule has 4 heteroatoms. The second-order valence-electron chi connectivity index (χ2n) is 5.84. The highest BCUT2D eigenvalue weighted by molar-refractivity contribution is 5.78. The number of carbonyl (C=O) groups is 1. The molecular weight excluding hydrogens is 214 g/mol. The fourth-order valence-electron chi connectivity index (χ4n) is 3.03. The first-order valence-corrected chi connectivity index (χ1v) is 6.87. The maximum Gasteiger partial charge on any atom is 0.234 e. The number of rotatable bonds is 5. The SMILES string of the molecule is CN(CC(=O)NC1CCCC1)CC1CC(N)C1. The van der Waals surface area contributed by atoms with Crippen LogP contribution in [0.4, 0.5) is 0 Å². The monoisotopic (exact) mass is 239 g/mol. The molecule has 1 amide bonds. The second-order valence-corrected chi connectivity index (χ2v) is 5.84. The topological polar surface area (TPSA) is 58.4 Å². The lowest BCUT2D eigenvalue weighted by molar-refractivity contribution is -0.122. The lowest BCUT2D eigenvalue weighted by atomic mass is 9.80. The molecule has 0 bridgehead atoms. The number of likely N-dealkylation sites (N-methyl/N-ethyl adjacent to an activating group) is 1. The molecule has 2 fully saturated rings. The molecule has 2 aliphatic rings. The van der Waals surface area contributed by atoms with Gasteiger partial charge in [-0.15, -0.1) is 0 Å². The molecule has 0 radical (unpaired) electrons. The summed E-state index contributed by atoms with van der Waals surface area (Å²) in [4.78, 5) is 13.9. The standard InChI is InChI=1S/C13H25N3O/c1-16(8-10-6-11(14)7-10)9-13(17)15-12-4-2-3-5-12/h10-12H,2-9,14H2,1H3,(H,15,17). The molecule has 0 aromatic rings. The minimum atomic E-state index is 0.183. The molecular formula is C13H25N3O. The van der Waals surface area contributed by atoms with Gasteiger partial charge in [-0.25, -0.2) is 0 Å². The third-order valence-corrected chi connectivity index (χ3v) is 3.98. The molecule has 0 aliphatic heterocycles. The first-order valence-electron chi connectivity index (χ1n) is 6.87. The van der Waals surface area contributed by atoms with Crippen LogP contribution in [0.2, 0.25) is 0 Å². The summed E-state index contributed by atoms with van der Waals surface area (Å²) in [5, 5.41) is 3.12. The average Bonchev–Trinajstić information content (AvgIpc) is 2.67. The summed E-state index contributed by atoms with van der Waals surface area (Å²) < 4.78 is 0. The minimum absolute atomic E-state index is 0.183. The van der Waals surface area contributed by atoms with Crippen LogP contribution in [-0.4, -0.2) is 43.0 Å². The van der Waals surface area contributed by atoms with Crippen molar-refractivity contribution < 1.29 is 4.79 Å². The van der Waals surface area contributed by atoms with Gasteiger partial charge in [0.25, 0.3) is 0 Å². The number of carbonyl (C=O) groups excluding carboxylic acids is 1. The zero-order valence-corrected chi connectivity index (χ0v) is 10.8. The summed E-state index contributed by atoms with van der Waals surface area (Å²) in [5.41, 5.74) is 5.76. The molecule has 98 valence electrons. The molecule has 2 aliphatic carbocycles. The summed E-state index contributed by atoms with van der Waals surface area (Å²) >= 11 is 0. The van der Waals surface area contributed by atoms with Crippen LogP contribution in [0.15, 0.2) is 0 Å². The van der Waals surface area contributed by atoms with Gasteiger partial charge >= 0.3 is 0 Å².